The molecule has 2 aliphatic heterocycles. The molecule has 0 fully saturated rings. The summed E-state index contributed by atoms with van der Waals surface area (Å²) in [6.45, 7) is 8.21. The van der Waals surface area contributed by atoms with Crippen LogP contribution >= 0.6 is 11.8 Å². The summed E-state index contributed by atoms with van der Waals surface area (Å²) < 4.78 is 2.16. The minimum absolute atomic E-state index is 0.0824. The lowest BCUT2D eigenvalue weighted by Gasteiger charge is -2.20. The Kier molecular flexibility index (Phi) is 5.00. The second-order valence-corrected chi connectivity index (χ2v) is 8.31. The number of thioether (sulfide) groups is 1. The molecule has 2 aliphatic rings. The minimum atomic E-state index is -0.387. The van der Waals surface area contributed by atoms with Gasteiger partial charge < -0.3 is 4.57 Å². The van der Waals surface area contributed by atoms with Gasteiger partial charge in [0.1, 0.15) is 5.04 Å². The summed E-state index contributed by atoms with van der Waals surface area (Å²) in [5.74, 6) is -0.305. The molecular weight excluding hydrogens is 382 g/mol. The van der Waals surface area contributed by atoms with E-state index in [4.69, 9.17) is 5.41 Å². The molecule has 0 saturated carbocycles. The topological polar surface area (TPSA) is 73.8 Å². The van der Waals surface area contributed by atoms with Gasteiger partial charge in [-0.2, -0.15) is 15.1 Å². The predicted octanol–water partition coefficient (Wildman–Crippen LogP) is 4.82. The first-order valence-corrected chi connectivity index (χ1v) is 10.5. The van der Waals surface area contributed by atoms with E-state index in [0.29, 0.717) is 5.17 Å². The average molecular weight is 406 g/mol. The molecule has 0 unspecified atom stereocenters. The molecule has 2 aromatic rings. The van der Waals surface area contributed by atoms with Gasteiger partial charge in [0.15, 0.2) is 5.84 Å². The summed E-state index contributed by atoms with van der Waals surface area (Å²) in [6, 6.07) is 10.3. The van der Waals surface area contributed by atoms with Crippen LogP contribution in [0.5, 0.6) is 0 Å². The van der Waals surface area contributed by atoms with E-state index < -0.39 is 0 Å². The Morgan fingerprint density at radius 2 is 2.00 bits per heavy atom. The number of nitrogens with one attached hydrogen (secondary N) is 1. The van der Waals surface area contributed by atoms with Gasteiger partial charge in [0.05, 0.1) is 5.57 Å². The van der Waals surface area contributed by atoms with Gasteiger partial charge in [-0.1, -0.05) is 19.1 Å². The Bertz CT molecular complexity index is 1120. The molecule has 148 valence electrons. The standard InChI is InChI=1S/C22H23N5OS/c1-5-7-19-25-27-20(23)18(21(28)24-22(27)29-19)12-16-11-14(3)26(15(16)4)17-9-6-8-13(2)10-17/h6,8-12,23H,5,7H2,1-4H3. The van der Waals surface area contributed by atoms with Gasteiger partial charge in [0, 0.05) is 17.1 Å². The number of carbonyl (C=O) groups is 1. The molecule has 0 saturated heterocycles. The van der Waals surface area contributed by atoms with Gasteiger partial charge in [0.2, 0.25) is 5.17 Å². The van der Waals surface area contributed by atoms with Crippen LogP contribution in [0.25, 0.3) is 11.8 Å². The molecule has 6 nitrogen and oxygen atoms in total. The van der Waals surface area contributed by atoms with E-state index >= 15 is 0 Å². The third-order valence-electron chi connectivity index (χ3n) is 4.99. The highest BCUT2D eigenvalue weighted by Crippen LogP contribution is 2.31. The molecule has 1 N–H and O–H groups in total. The van der Waals surface area contributed by atoms with E-state index in [0.717, 1.165) is 40.5 Å². The number of hydrogen-bond donors (Lipinski definition) is 1. The van der Waals surface area contributed by atoms with Crippen LogP contribution in [0, 0.1) is 26.2 Å². The fraction of sp³-hybridized carbons (Fsp3) is 0.273. The average Bonchev–Trinajstić information content (AvgIpc) is 3.19. The summed E-state index contributed by atoms with van der Waals surface area (Å²) in [6.07, 6.45) is 3.54. The van der Waals surface area contributed by atoms with Crippen molar-refractivity contribution in [2.75, 3.05) is 0 Å². The van der Waals surface area contributed by atoms with Crippen molar-refractivity contribution >= 4 is 39.8 Å². The number of benzene rings is 1. The van der Waals surface area contributed by atoms with Crippen molar-refractivity contribution in [3.8, 4) is 5.69 Å². The SMILES string of the molecule is CCCC1=NN2C(=N)C(=Cc3cc(C)n(-c4cccc(C)c4)c3C)C(=O)N=C2S1. The summed E-state index contributed by atoms with van der Waals surface area (Å²) in [4.78, 5) is 16.8. The largest absolute Gasteiger partial charge is 0.318 e. The van der Waals surface area contributed by atoms with Crippen LogP contribution in [0.3, 0.4) is 0 Å². The summed E-state index contributed by atoms with van der Waals surface area (Å²) >= 11 is 1.38. The molecule has 0 spiro atoms. The number of aromatic nitrogens is 1. The first-order valence-electron chi connectivity index (χ1n) is 9.64. The van der Waals surface area contributed by atoms with Crippen molar-refractivity contribution in [2.45, 2.75) is 40.5 Å². The fourth-order valence-electron chi connectivity index (χ4n) is 3.60. The van der Waals surface area contributed by atoms with Crippen LogP contribution in [0.2, 0.25) is 0 Å². The van der Waals surface area contributed by atoms with E-state index in [-0.39, 0.29) is 17.3 Å². The van der Waals surface area contributed by atoms with Crippen LogP contribution < -0.4 is 0 Å². The fourth-order valence-corrected chi connectivity index (χ4v) is 4.59. The number of aliphatic imine (C=N–C) groups is 1. The van der Waals surface area contributed by atoms with Crippen molar-refractivity contribution in [1.82, 2.24) is 9.58 Å². The van der Waals surface area contributed by atoms with E-state index in [1.807, 2.05) is 26.0 Å². The number of nitrogens with zero attached hydrogens (tertiary/aromatic N) is 4. The molecule has 29 heavy (non-hydrogen) atoms. The Morgan fingerprint density at radius 3 is 2.72 bits per heavy atom. The van der Waals surface area contributed by atoms with E-state index in [1.54, 1.807) is 6.08 Å². The predicted molar refractivity (Wildman–Crippen MR) is 120 cm³/mol. The van der Waals surface area contributed by atoms with Crippen LogP contribution in [0.4, 0.5) is 0 Å². The van der Waals surface area contributed by atoms with Crippen LogP contribution in [0.15, 0.2) is 46.0 Å². The summed E-state index contributed by atoms with van der Waals surface area (Å²) in [7, 11) is 0. The summed E-state index contributed by atoms with van der Waals surface area (Å²) in [5, 5.41) is 15.8. The van der Waals surface area contributed by atoms with E-state index in [2.05, 4.69) is 46.7 Å². The highest BCUT2D eigenvalue weighted by molar-refractivity contribution is 8.26. The number of amidine groups is 2. The molecule has 7 heteroatoms. The van der Waals surface area contributed by atoms with Crippen molar-refractivity contribution in [3.63, 3.8) is 0 Å². The zero-order valence-electron chi connectivity index (χ0n) is 17.0. The van der Waals surface area contributed by atoms with Gasteiger partial charge in [-0.15, -0.1) is 0 Å². The van der Waals surface area contributed by atoms with E-state index in [9.17, 15) is 4.79 Å². The Hall–Kier alpha value is -2.93. The molecule has 1 aromatic heterocycles. The van der Waals surface area contributed by atoms with Gasteiger partial charge in [-0.3, -0.25) is 10.2 Å². The zero-order valence-corrected chi connectivity index (χ0v) is 17.8. The van der Waals surface area contributed by atoms with Gasteiger partial charge >= 0.3 is 0 Å². The molecule has 4 rings (SSSR count). The molecule has 1 amide bonds. The number of carbonyl (C=O) groups excluding carboxylic acids is 1. The molecule has 3 heterocycles. The van der Waals surface area contributed by atoms with Crippen LogP contribution in [0.1, 0.15) is 42.3 Å². The first kappa shape index (κ1) is 19.4. The number of aryl methyl sites for hydroxylation is 2. The monoisotopic (exact) mass is 405 g/mol. The maximum absolute atomic E-state index is 12.6. The van der Waals surface area contributed by atoms with E-state index in [1.165, 1.54) is 22.3 Å². The Morgan fingerprint density at radius 1 is 1.21 bits per heavy atom. The van der Waals surface area contributed by atoms with Crippen molar-refractivity contribution in [2.24, 2.45) is 10.1 Å². The maximum atomic E-state index is 12.6. The number of amides is 1. The second-order valence-electron chi connectivity index (χ2n) is 7.26. The molecule has 0 atom stereocenters. The van der Waals surface area contributed by atoms with Gasteiger partial charge in [0.25, 0.3) is 5.91 Å². The Balaban J connectivity index is 1.73. The summed E-state index contributed by atoms with van der Waals surface area (Å²) in [5.41, 5.74) is 5.52. The lowest BCUT2D eigenvalue weighted by atomic mass is 10.1. The van der Waals surface area contributed by atoms with Gasteiger partial charge in [-0.25, -0.2) is 0 Å². The first-order chi connectivity index (χ1) is 13.9. The number of hydrogen-bond acceptors (Lipinski definition) is 4. The lowest BCUT2D eigenvalue weighted by Crippen LogP contribution is -2.35. The number of hydrazone groups is 1. The minimum Gasteiger partial charge on any atom is -0.318 e. The van der Waals surface area contributed by atoms with Gasteiger partial charge in [-0.05, 0) is 80.8 Å². The maximum Gasteiger partial charge on any atom is 0.283 e. The Labute approximate surface area is 174 Å². The molecule has 0 aliphatic carbocycles. The highest BCUT2D eigenvalue weighted by Gasteiger charge is 2.35. The van der Waals surface area contributed by atoms with Crippen molar-refractivity contribution < 1.29 is 4.79 Å². The number of fused-ring (bicyclic) bond motifs is 1. The molecular formula is C22H23N5OS. The number of rotatable bonds is 4. The van der Waals surface area contributed by atoms with Crippen LogP contribution in [-0.2, 0) is 4.79 Å². The molecule has 0 radical (unpaired) electrons. The third kappa shape index (κ3) is 3.46. The van der Waals surface area contributed by atoms with Crippen molar-refractivity contribution in [1.29, 1.82) is 5.41 Å². The van der Waals surface area contributed by atoms with Crippen LogP contribution in [-0.4, -0.2) is 31.5 Å². The van der Waals surface area contributed by atoms with Crippen molar-refractivity contribution in [3.05, 3.63) is 58.4 Å². The lowest BCUT2D eigenvalue weighted by molar-refractivity contribution is -0.114. The zero-order chi connectivity index (χ0) is 20.7. The molecule has 0 bridgehead atoms. The third-order valence-corrected chi connectivity index (χ3v) is 5.96. The smallest absolute Gasteiger partial charge is 0.283 e. The normalized spacial score (nSPS) is 17.7. The quantitative estimate of drug-likeness (QED) is 0.741. The highest BCUT2D eigenvalue weighted by atomic mass is 32.2. The second kappa shape index (κ2) is 7.48. The molecule has 1 aromatic carbocycles.